The van der Waals surface area contributed by atoms with Crippen molar-refractivity contribution in [2.75, 3.05) is 0 Å². The number of nitrogens with two attached hydrogens (primary N) is 1. The highest BCUT2D eigenvalue weighted by molar-refractivity contribution is 5.20. The normalized spacial score (nSPS) is 17.7. The van der Waals surface area contributed by atoms with Gasteiger partial charge < -0.3 is 0 Å². The lowest BCUT2D eigenvalue weighted by Crippen LogP contribution is -2.28. The molecule has 1 saturated carbocycles. The summed E-state index contributed by atoms with van der Waals surface area (Å²) in [6.45, 7) is 0. The Morgan fingerprint density at radius 3 is 2.73 bits per heavy atom. The summed E-state index contributed by atoms with van der Waals surface area (Å²) >= 11 is 0. The maximum absolute atomic E-state index is 13.5. The maximum Gasteiger partial charge on any atom is 0.128 e. The molecule has 0 aliphatic heterocycles. The molecule has 1 unspecified atom stereocenters. The topological polar surface area (TPSA) is 38.0 Å². The molecule has 1 aromatic rings. The van der Waals surface area contributed by atoms with Gasteiger partial charge in [0.15, 0.2) is 0 Å². The van der Waals surface area contributed by atoms with Crippen LogP contribution in [-0.2, 0) is 0 Å². The Balaban J connectivity index is 2.00. The van der Waals surface area contributed by atoms with E-state index in [1.54, 1.807) is 12.1 Å². The number of rotatable bonds is 5. The largest absolute Gasteiger partial charge is 0.271 e. The molecule has 0 amide bonds. The summed E-state index contributed by atoms with van der Waals surface area (Å²) in [4.78, 5) is 0. The van der Waals surface area contributed by atoms with E-state index in [0.717, 1.165) is 18.8 Å². The van der Waals surface area contributed by atoms with Crippen LogP contribution >= 0.6 is 0 Å². The quantitative estimate of drug-likeness (QED) is 0.576. The van der Waals surface area contributed by atoms with E-state index < -0.39 is 0 Å². The first-order chi connectivity index (χ1) is 7.31. The van der Waals surface area contributed by atoms with Gasteiger partial charge in [-0.15, -0.1) is 0 Å². The van der Waals surface area contributed by atoms with E-state index in [-0.39, 0.29) is 11.9 Å². The second kappa shape index (κ2) is 4.73. The number of halogens is 1. The van der Waals surface area contributed by atoms with E-state index >= 15 is 0 Å². The SMILES string of the molecule is NNC(CCC1CC1)c1ccccc1F. The first kappa shape index (κ1) is 10.6. The monoisotopic (exact) mass is 208 g/mol. The summed E-state index contributed by atoms with van der Waals surface area (Å²) in [6.07, 6.45) is 4.72. The van der Waals surface area contributed by atoms with Crippen molar-refractivity contribution >= 4 is 0 Å². The van der Waals surface area contributed by atoms with E-state index in [2.05, 4.69) is 5.43 Å². The van der Waals surface area contributed by atoms with Crippen LogP contribution in [0.5, 0.6) is 0 Å². The summed E-state index contributed by atoms with van der Waals surface area (Å²) in [5.74, 6) is 6.15. The number of hydrogen-bond acceptors (Lipinski definition) is 2. The zero-order valence-corrected chi connectivity index (χ0v) is 8.75. The van der Waals surface area contributed by atoms with Crippen LogP contribution in [-0.4, -0.2) is 0 Å². The van der Waals surface area contributed by atoms with Crippen molar-refractivity contribution in [3.8, 4) is 0 Å². The lowest BCUT2D eigenvalue weighted by molar-refractivity contribution is 0.460. The van der Waals surface area contributed by atoms with Gasteiger partial charge in [0.05, 0.1) is 0 Å². The summed E-state index contributed by atoms with van der Waals surface area (Å²) < 4.78 is 13.5. The van der Waals surface area contributed by atoms with Crippen LogP contribution in [0.2, 0.25) is 0 Å². The third kappa shape index (κ3) is 2.76. The molecule has 3 heteroatoms. The Hall–Kier alpha value is -0.930. The molecule has 0 heterocycles. The number of nitrogens with one attached hydrogen (secondary N) is 1. The molecule has 0 aromatic heterocycles. The molecule has 2 rings (SSSR count). The number of hydrogen-bond donors (Lipinski definition) is 2. The van der Waals surface area contributed by atoms with Crippen molar-refractivity contribution in [3.05, 3.63) is 35.6 Å². The molecule has 15 heavy (non-hydrogen) atoms. The highest BCUT2D eigenvalue weighted by atomic mass is 19.1. The number of hydrazine groups is 1. The van der Waals surface area contributed by atoms with E-state index in [1.807, 2.05) is 6.07 Å². The van der Waals surface area contributed by atoms with Crippen molar-refractivity contribution in [3.63, 3.8) is 0 Å². The minimum Gasteiger partial charge on any atom is -0.271 e. The van der Waals surface area contributed by atoms with E-state index in [1.165, 1.54) is 18.9 Å². The highest BCUT2D eigenvalue weighted by Gasteiger charge is 2.23. The first-order valence-electron chi connectivity index (χ1n) is 5.52. The second-order valence-electron chi connectivity index (χ2n) is 4.26. The van der Waals surface area contributed by atoms with Gasteiger partial charge in [-0.3, -0.25) is 11.3 Å². The minimum absolute atomic E-state index is 0.0493. The average Bonchev–Trinajstić information content (AvgIpc) is 3.05. The number of benzene rings is 1. The summed E-state index contributed by atoms with van der Waals surface area (Å²) in [5, 5.41) is 0. The molecule has 1 aliphatic carbocycles. The lowest BCUT2D eigenvalue weighted by atomic mass is 10.0. The molecule has 0 saturated heterocycles. The second-order valence-corrected chi connectivity index (χ2v) is 4.26. The molecule has 1 atom stereocenters. The average molecular weight is 208 g/mol. The van der Waals surface area contributed by atoms with Crippen LogP contribution in [0, 0.1) is 11.7 Å². The predicted octanol–water partition coefficient (Wildman–Crippen LogP) is 2.52. The van der Waals surface area contributed by atoms with Crippen LogP contribution in [0.25, 0.3) is 0 Å². The molecule has 3 N–H and O–H groups in total. The van der Waals surface area contributed by atoms with Gasteiger partial charge in [0.2, 0.25) is 0 Å². The fourth-order valence-electron chi connectivity index (χ4n) is 1.90. The Morgan fingerprint density at radius 2 is 2.13 bits per heavy atom. The van der Waals surface area contributed by atoms with Crippen molar-refractivity contribution in [1.29, 1.82) is 0 Å². The van der Waals surface area contributed by atoms with Gasteiger partial charge in [-0.05, 0) is 24.8 Å². The fraction of sp³-hybridized carbons (Fsp3) is 0.500. The smallest absolute Gasteiger partial charge is 0.128 e. The van der Waals surface area contributed by atoms with E-state index in [9.17, 15) is 4.39 Å². The summed E-state index contributed by atoms with van der Waals surface area (Å²) in [6, 6.07) is 6.78. The molecule has 82 valence electrons. The Bertz CT molecular complexity index is 323. The molecule has 2 nitrogen and oxygen atoms in total. The highest BCUT2D eigenvalue weighted by Crippen LogP contribution is 2.35. The molecule has 0 radical (unpaired) electrons. The van der Waals surface area contributed by atoms with Gasteiger partial charge in [0.25, 0.3) is 0 Å². The minimum atomic E-state index is -0.170. The fourth-order valence-corrected chi connectivity index (χ4v) is 1.90. The third-order valence-electron chi connectivity index (χ3n) is 3.04. The van der Waals surface area contributed by atoms with E-state index in [0.29, 0.717) is 5.56 Å². The van der Waals surface area contributed by atoms with Crippen LogP contribution < -0.4 is 11.3 Å². The third-order valence-corrected chi connectivity index (χ3v) is 3.04. The summed E-state index contributed by atoms with van der Waals surface area (Å²) in [5.41, 5.74) is 3.38. The Morgan fingerprint density at radius 1 is 1.40 bits per heavy atom. The van der Waals surface area contributed by atoms with Gasteiger partial charge in [0.1, 0.15) is 5.82 Å². The predicted molar refractivity (Wildman–Crippen MR) is 58.4 cm³/mol. The molecule has 0 bridgehead atoms. The van der Waals surface area contributed by atoms with Crippen LogP contribution in [0.3, 0.4) is 0 Å². The summed E-state index contributed by atoms with van der Waals surface area (Å²) in [7, 11) is 0. The van der Waals surface area contributed by atoms with Gasteiger partial charge in [-0.2, -0.15) is 0 Å². The van der Waals surface area contributed by atoms with Gasteiger partial charge in [-0.1, -0.05) is 31.0 Å². The first-order valence-corrected chi connectivity index (χ1v) is 5.52. The van der Waals surface area contributed by atoms with Crippen molar-refractivity contribution in [2.45, 2.75) is 31.7 Å². The maximum atomic E-state index is 13.5. The zero-order chi connectivity index (χ0) is 10.7. The molecule has 1 aromatic carbocycles. The van der Waals surface area contributed by atoms with Crippen LogP contribution in [0.4, 0.5) is 4.39 Å². The van der Waals surface area contributed by atoms with Gasteiger partial charge in [-0.25, -0.2) is 4.39 Å². The van der Waals surface area contributed by atoms with Gasteiger partial charge >= 0.3 is 0 Å². The molecule has 1 aliphatic rings. The lowest BCUT2D eigenvalue weighted by Gasteiger charge is -2.16. The van der Waals surface area contributed by atoms with Crippen molar-refractivity contribution in [1.82, 2.24) is 5.43 Å². The standard InChI is InChI=1S/C12H17FN2/c13-11-4-2-1-3-10(11)12(15-14)8-7-9-5-6-9/h1-4,9,12,15H,5-8,14H2. The van der Waals surface area contributed by atoms with Crippen molar-refractivity contribution < 1.29 is 4.39 Å². The molecule has 0 spiro atoms. The molecular weight excluding hydrogens is 191 g/mol. The van der Waals surface area contributed by atoms with Crippen LogP contribution in [0.1, 0.15) is 37.3 Å². The van der Waals surface area contributed by atoms with Gasteiger partial charge in [0, 0.05) is 11.6 Å². The zero-order valence-electron chi connectivity index (χ0n) is 8.75. The van der Waals surface area contributed by atoms with Crippen molar-refractivity contribution in [2.24, 2.45) is 11.8 Å². The Kier molecular flexibility index (Phi) is 3.34. The Labute approximate surface area is 89.6 Å². The molecule has 1 fully saturated rings. The van der Waals surface area contributed by atoms with Crippen LogP contribution in [0.15, 0.2) is 24.3 Å². The van der Waals surface area contributed by atoms with E-state index in [4.69, 9.17) is 5.84 Å². The molecular formula is C12H17FN2.